The second-order valence-electron chi connectivity index (χ2n) is 7.06. The Morgan fingerprint density at radius 1 is 1.29 bits per heavy atom. The molecule has 2 aromatic heterocycles. The van der Waals surface area contributed by atoms with Gasteiger partial charge in [-0.15, -0.1) is 11.3 Å². The fourth-order valence-electron chi connectivity index (χ4n) is 3.70. The van der Waals surface area contributed by atoms with Gasteiger partial charge in [0.05, 0.1) is 23.4 Å². The molecule has 0 radical (unpaired) electrons. The Labute approximate surface area is 168 Å². The molecule has 1 aliphatic rings. The number of rotatable bonds is 5. The summed E-state index contributed by atoms with van der Waals surface area (Å²) in [7, 11) is 0. The van der Waals surface area contributed by atoms with E-state index in [-0.39, 0.29) is 11.9 Å². The van der Waals surface area contributed by atoms with Crippen LogP contribution in [0.15, 0.2) is 28.7 Å². The Morgan fingerprint density at radius 2 is 2.04 bits per heavy atom. The average Bonchev–Trinajstić information content (AvgIpc) is 3.21. The highest BCUT2D eigenvalue weighted by atomic mass is 32.1. The lowest BCUT2D eigenvalue weighted by Gasteiger charge is -2.14. The molecule has 146 valence electrons. The van der Waals surface area contributed by atoms with E-state index in [9.17, 15) is 4.79 Å². The number of aromatic nitrogens is 1. The van der Waals surface area contributed by atoms with E-state index in [0.29, 0.717) is 12.4 Å². The van der Waals surface area contributed by atoms with E-state index in [2.05, 4.69) is 10.3 Å². The van der Waals surface area contributed by atoms with Crippen LogP contribution >= 0.6 is 11.3 Å². The molecule has 2 heterocycles. The fraction of sp³-hybridized carbons (Fsp3) is 0.364. The first-order chi connectivity index (χ1) is 13.5. The van der Waals surface area contributed by atoms with Crippen molar-refractivity contribution in [2.75, 3.05) is 6.61 Å². The summed E-state index contributed by atoms with van der Waals surface area (Å²) in [6.45, 7) is 8.52. The molecule has 1 atom stereocenters. The monoisotopic (exact) mass is 396 g/mol. The highest BCUT2D eigenvalue weighted by molar-refractivity contribution is 7.12. The van der Waals surface area contributed by atoms with Crippen LogP contribution in [-0.2, 0) is 12.8 Å². The zero-order chi connectivity index (χ0) is 19.8. The zero-order valence-corrected chi connectivity index (χ0v) is 17.4. The van der Waals surface area contributed by atoms with Crippen molar-refractivity contribution in [1.82, 2.24) is 10.3 Å². The van der Waals surface area contributed by atoms with Crippen molar-refractivity contribution in [3.05, 3.63) is 56.8 Å². The number of ether oxygens (including phenoxy) is 1. The van der Waals surface area contributed by atoms with Crippen LogP contribution in [0.5, 0.6) is 5.75 Å². The van der Waals surface area contributed by atoms with Crippen LogP contribution in [0.1, 0.15) is 57.2 Å². The highest BCUT2D eigenvalue weighted by Crippen LogP contribution is 2.40. The molecule has 0 saturated carbocycles. The van der Waals surface area contributed by atoms with Crippen LogP contribution in [0.3, 0.4) is 0 Å². The summed E-state index contributed by atoms with van der Waals surface area (Å²) >= 11 is 1.73. The number of aryl methyl sites for hydroxylation is 3. The molecule has 6 heteroatoms. The molecule has 28 heavy (non-hydrogen) atoms. The summed E-state index contributed by atoms with van der Waals surface area (Å²) in [6.07, 6.45) is 1.73. The number of hydrogen-bond donors (Lipinski definition) is 1. The molecule has 0 spiro atoms. The number of furan rings is 1. The van der Waals surface area contributed by atoms with Crippen LogP contribution in [0.25, 0.3) is 11.3 Å². The first-order valence-corrected chi connectivity index (χ1v) is 10.4. The van der Waals surface area contributed by atoms with Crippen LogP contribution in [0, 0.1) is 13.8 Å². The van der Waals surface area contributed by atoms with Gasteiger partial charge in [0.1, 0.15) is 11.5 Å². The predicted octanol–water partition coefficient (Wildman–Crippen LogP) is 5.01. The van der Waals surface area contributed by atoms with Gasteiger partial charge in [-0.2, -0.15) is 0 Å². The number of carbonyl (C=O) groups excluding carboxylic acids is 1. The minimum absolute atomic E-state index is 0.137. The van der Waals surface area contributed by atoms with E-state index >= 15 is 0 Å². The summed E-state index contributed by atoms with van der Waals surface area (Å²) in [5.74, 6) is 1.89. The molecule has 5 nitrogen and oxygen atoms in total. The number of carbonyl (C=O) groups is 1. The van der Waals surface area contributed by atoms with Gasteiger partial charge in [0.2, 0.25) is 0 Å². The quantitative estimate of drug-likeness (QED) is 0.658. The Bertz CT molecular complexity index is 1020. The number of benzene rings is 1. The van der Waals surface area contributed by atoms with E-state index in [1.165, 1.54) is 4.88 Å². The summed E-state index contributed by atoms with van der Waals surface area (Å²) in [6, 6.07) is 7.65. The third-order valence-corrected chi connectivity index (χ3v) is 6.12. The summed E-state index contributed by atoms with van der Waals surface area (Å²) < 4.78 is 11.5. The lowest BCUT2D eigenvalue weighted by molar-refractivity contribution is 0.0909. The van der Waals surface area contributed by atoms with Crippen LogP contribution < -0.4 is 10.1 Å². The number of thiazole rings is 1. The average molecular weight is 397 g/mol. The second kappa shape index (κ2) is 7.43. The Morgan fingerprint density at radius 3 is 2.75 bits per heavy atom. The van der Waals surface area contributed by atoms with E-state index < -0.39 is 0 Å². The van der Waals surface area contributed by atoms with Crippen molar-refractivity contribution in [3.63, 3.8) is 0 Å². The first-order valence-electron chi connectivity index (χ1n) is 9.60. The number of nitrogens with zero attached hydrogens (tertiary/aromatic N) is 1. The van der Waals surface area contributed by atoms with Gasteiger partial charge in [0, 0.05) is 22.4 Å². The first kappa shape index (κ1) is 18.7. The Balaban J connectivity index is 1.55. The maximum absolute atomic E-state index is 12.9. The molecule has 4 rings (SSSR count). The van der Waals surface area contributed by atoms with Gasteiger partial charge in [0.15, 0.2) is 5.76 Å². The molecule has 0 aliphatic heterocycles. The van der Waals surface area contributed by atoms with Crippen molar-refractivity contribution in [2.24, 2.45) is 0 Å². The molecule has 1 unspecified atom stereocenters. The summed E-state index contributed by atoms with van der Waals surface area (Å²) in [5, 5.41) is 4.10. The molecule has 0 saturated heterocycles. The van der Waals surface area contributed by atoms with Crippen molar-refractivity contribution in [2.45, 2.75) is 46.6 Å². The number of fused-ring (bicyclic) bond motifs is 3. The van der Waals surface area contributed by atoms with Crippen molar-refractivity contribution in [3.8, 4) is 17.0 Å². The molecular formula is C22H24N2O3S. The predicted molar refractivity (Wildman–Crippen MR) is 110 cm³/mol. The van der Waals surface area contributed by atoms with Crippen LogP contribution in [-0.4, -0.2) is 17.5 Å². The van der Waals surface area contributed by atoms with Gasteiger partial charge in [-0.1, -0.05) is 12.1 Å². The lowest BCUT2D eigenvalue weighted by atomic mass is 9.97. The molecule has 1 N–H and O–H groups in total. The molecule has 0 fully saturated rings. The third kappa shape index (κ3) is 3.33. The Kier molecular flexibility index (Phi) is 4.98. The molecule has 3 aromatic rings. The molecule has 1 amide bonds. The van der Waals surface area contributed by atoms with E-state index in [4.69, 9.17) is 9.15 Å². The van der Waals surface area contributed by atoms with Crippen molar-refractivity contribution in [1.29, 1.82) is 0 Å². The Hall–Kier alpha value is -2.60. The van der Waals surface area contributed by atoms with Crippen molar-refractivity contribution < 1.29 is 13.9 Å². The van der Waals surface area contributed by atoms with Gasteiger partial charge >= 0.3 is 0 Å². The normalized spacial score (nSPS) is 13.6. The molecule has 1 aromatic carbocycles. The number of hydrogen-bond acceptors (Lipinski definition) is 5. The standard InChI is InChI=1S/C22H24N2O3S/c1-5-26-16-8-6-15(7-9-16)13(3)23-22(25)21-12(2)19-17(27-21)10-11-18-20(19)24-14(4)28-18/h6-9,13H,5,10-11H2,1-4H3,(H,23,25). The summed E-state index contributed by atoms with van der Waals surface area (Å²) in [5.41, 5.74) is 3.88. The summed E-state index contributed by atoms with van der Waals surface area (Å²) in [4.78, 5) is 18.9. The third-order valence-electron chi connectivity index (χ3n) is 5.08. The van der Waals surface area contributed by atoms with Gasteiger partial charge in [-0.05, 0) is 51.8 Å². The fourth-order valence-corrected chi connectivity index (χ4v) is 4.64. The minimum Gasteiger partial charge on any atom is -0.494 e. The van der Waals surface area contributed by atoms with Gasteiger partial charge in [0.25, 0.3) is 5.91 Å². The van der Waals surface area contributed by atoms with E-state index in [1.807, 2.05) is 52.0 Å². The number of amides is 1. The van der Waals surface area contributed by atoms with E-state index in [1.54, 1.807) is 11.3 Å². The molecule has 1 aliphatic carbocycles. The van der Waals surface area contributed by atoms with Gasteiger partial charge in [-0.3, -0.25) is 4.79 Å². The second-order valence-corrected chi connectivity index (χ2v) is 8.34. The maximum Gasteiger partial charge on any atom is 0.287 e. The minimum atomic E-state index is -0.193. The van der Waals surface area contributed by atoms with Gasteiger partial charge < -0.3 is 14.5 Å². The zero-order valence-electron chi connectivity index (χ0n) is 16.6. The lowest BCUT2D eigenvalue weighted by Crippen LogP contribution is -2.26. The topological polar surface area (TPSA) is 64.4 Å². The van der Waals surface area contributed by atoms with Gasteiger partial charge in [-0.25, -0.2) is 4.98 Å². The van der Waals surface area contributed by atoms with Crippen molar-refractivity contribution >= 4 is 17.2 Å². The highest BCUT2D eigenvalue weighted by Gasteiger charge is 2.30. The van der Waals surface area contributed by atoms with E-state index in [0.717, 1.165) is 51.7 Å². The largest absolute Gasteiger partial charge is 0.494 e. The van der Waals surface area contributed by atoms with Crippen LogP contribution in [0.2, 0.25) is 0 Å². The maximum atomic E-state index is 12.9. The molecular weight excluding hydrogens is 372 g/mol. The SMILES string of the molecule is CCOc1ccc(C(C)NC(=O)c2oc3c(c2C)-c2nc(C)sc2CC3)cc1. The number of nitrogens with one attached hydrogen (secondary N) is 1. The molecule has 0 bridgehead atoms. The smallest absolute Gasteiger partial charge is 0.287 e. The van der Waals surface area contributed by atoms with Crippen LogP contribution in [0.4, 0.5) is 0 Å².